The summed E-state index contributed by atoms with van der Waals surface area (Å²) in [6.45, 7) is 1.49. The molecule has 0 spiro atoms. The van der Waals surface area contributed by atoms with E-state index in [2.05, 4.69) is 5.32 Å². The van der Waals surface area contributed by atoms with Gasteiger partial charge in [-0.05, 0) is 19.1 Å². The summed E-state index contributed by atoms with van der Waals surface area (Å²) in [5, 5.41) is 2.60. The van der Waals surface area contributed by atoms with Gasteiger partial charge in [-0.15, -0.1) is 0 Å². The van der Waals surface area contributed by atoms with Crippen LogP contribution in [0.4, 0.5) is 5.69 Å². The van der Waals surface area contributed by atoms with Crippen molar-refractivity contribution in [3.63, 3.8) is 0 Å². The molecule has 2 amide bonds. The first-order valence-electron chi connectivity index (χ1n) is 4.43. The van der Waals surface area contributed by atoms with Crippen molar-refractivity contribution >= 4 is 17.5 Å². The summed E-state index contributed by atoms with van der Waals surface area (Å²) in [5.41, 5.74) is 5.89. The summed E-state index contributed by atoms with van der Waals surface area (Å²) < 4.78 is 0. The van der Waals surface area contributed by atoms with Gasteiger partial charge in [0.1, 0.15) is 0 Å². The van der Waals surface area contributed by atoms with Crippen molar-refractivity contribution in [2.24, 2.45) is 5.73 Å². The van der Waals surface area contributed by atoms with Gasteiger partial charge in [0.05, 0.1) is 0 Å². The van der Waals surface area contributed by atoms with E-state index in [9.17, 15) is 9.59 Å². The molecule has 1 aromatic carbocycles. The highest BCUT2D eigenvalue weighted by Gasteiger charge is 2.02. The van der Waals surface area contributed by atoms with Crippen molar-refractivity contribution in [2.75, 3.05) is 5.32 Å². The standard InChI is InChI=1S/C11H12N2O2/c1-8(11(12)15)7-10(14)13-9-5-3-2-4-6-9/h2-7H,1H3,(H2,12,15)(H,13,14)/b8-7+. The van der Waals surface area contributed by atoms with E-state index < -0.39 is 5.91 Å². The molecule has 0 aromatic heterocycles. The van der Waals surface area contributed by atoms with Gasteiger partial charge in [-0.3, -0.25) is 9.59 Å². The summed E-state index contributed by atoms with van der Waals surface area (Å²) in [4.78, 5) is 22.0. The van der Waals surface area contributed by atoms with Crippen LogP contribution < -0.4 is 11.1 Å². The van der Waals surface area contributed by atoms with Gasteiger partial charge < -0.3 is 11.1 Å². The second-order valence-electron chi connectivity index (χ2n) is 3.05. The highest BCUT2D eigenvalue weighted by Crippen LogP contribution is 2.05. The minimum atomic E-state index is -0.599. The Labute approximate surface area is 87.8 Å². The zero-order valence-electron chi connectivity index (χ0n) is 8.36. The molecule has 0 saturated carbocycles. The second-order valence-corrected chi connectivity index (χ2v) is 3.05. The SMILES string of the molecule is C/C(=C\C(=O)Nc1ccccc1)C(N)=O. The Morgan fingerprint density at radius 2 is 1.87 bits per heavy atom. The lowest BCUT2D eigenvalue weighted by Crippen LogP contribution is -2.15. The second kappa shape index (κ2) is 4.95. The number of anilines is 1. The number of primary amides is 1. The van der Waals surface area contributed by atoms with E-state index in [1.807, 2.05) is 6.07 Å². The van der Waals surface area contributed by atoms with Crippen LogP contribution in [-0.2, 0) is 9.59 Å². The quantitative estimate of drug-likeness (QED) is 0.722. The van der Waals surface area contributed by atoms with E-state index in [1.54, 1.807) is 24.3 Å². The Morgan fingerprint density at radius 3 is 2.40 bits per heavy atom. The molecule has 0 bridgehead atoms. The molecule has 1 rings (SSSR count). The maximum atomic E-state index is 11.3. The predicted octanol–water partition coefficient (Wildman–Crippen LogP) is 1.06. The lowest BCUT2D eigenvalue weighted by atomic mass is 10.2. The number of amides is 2. The van der Waals surface area contributed by atoms with Crippen LogP contribution in [0.25, 0.3) is 0 Å². The van der Waals surface area contributed by atoms with Gasteiger partial charge in [0.15, 0.2) is 0 Å². The van der Waals surface area contributed by atoms with Gasteiger partial charge in [-0.1, -0.05) is 18.2 Å². The molecule has 4 heteroatoms. The van der Waals surface area contributed by atoms with Crippen LogP contribution >= 0.6 is 0 Å². The van der Waals surface area contributed by atoms with Gasteiger partial charge in [-0.25, -0.2) is 0 Å². The largest absolute Gasteiger partial charge is 0.366 e. The average molecular weight is 204 g/mol. The van der Waals surface area contributed by atoms with Crippen molar-refractivity contribution in [3.8, 4) is 0 Å². The molecule has 1 aromatic rings. The van der Waals surface area contributed by atoms with E-state index in [4.69, 9.17) is 5.73 Å². The first kappa shape index (κ1) is 11.0. The molecule has 0 aliphatic heterocycles. The van der Waals surface area contributed by atoms with Crippen LogP contribution in [0.1, 0.15) is 6.92 Å². The van der Waals surface area contributed by atoms with Gasteiger partial charge in [0.25, 0.3) is 0 Å². The smallest absolute Gasteiger partial charge is 0.248 e. The third-order valence-corrected chi connectivity index (χ3v) is 1.78. The summed E-state index contributed by atoms with van der Waals surface area (Å²) in [6, 6.07) is 8.97. The Kier molecular flexibility index (Phi) is 3.62. The number of hydrogen-bond acceptors (Lipinski definition) is 2. The van der Waals surface area contributed by atoms with Gasteiger partial charge in [0.2, 0.25) is 11.8 Å². The van der Waals surface area contributed by atoms with Crippen LogP contribution in [0, 0.1) is 0 Å². The molecule has 0 radical (unpaired) electrons. The minimum Gasteiger partial charge on any atom is -0.366 e. The fourth-order valence-electron chi connectivity index (χ4n) is 0.968. The monoisotopic (exact) mass is 204 g/mol. The molecular formula is C11H12N2O2. The van der Waals surface area contributed by atoms with E-state index in [-0.39, 0.29) is 11.5 Å². The van der Waals surface area contributed by atoms with Crippen molar-refractivity contribution in [3.05, 3.63) is 42.0 Å². The zero-order chi connectivity index (χ0) is 11.3. The number of carbonyl (C=O) groups excluding carboxylic acids is 2. The molecule has 15 heavy (non-hydrogen) atoms. The molecule has 0 heterocycles. The Morgan fingerprint density at radius 1 is 1.27 bits per heavy atom. The van der Waals surface area contributed by atoms with Crippen LogP contribution in [-0.4, -0.2) is 11.8 Å². The lowest BCUT2D eigenvalue weighted by molar-refractivity contribution is -0.115. The summed E-state index contributed by atoms with van der Waals surface area (Å²) in [7, 11) is 0. The van der Waals surface area contributed by atoms with Crippen LogP contribution in [0.5, 0.6) is 0 Å². The number of carbonyl (C=O) groups is 2. The van der Waals surface area contributed by atoms with Crippen LogP contribution in [0.2, 0.25) is 0 Å². The number of nitrogens with one attached hydrogen (secondary N) is 1. The summed E-state index contributed by atoms with van der Waals surface area (Å²) in [5.74, 6) is -0.962. The van der Waals surface area contributed by atoms with Crippen LogP contribution in [0.15, 0.2) is 42.0 Å². The normalized spacial score (nSPS) is 10.9. The van der Waals surface area contributed by atoms with Gasteiger partial charge >= 0.3 is 0 Å². The Hall–Kier alpha value is -2.10. The highest BCUT2D eigenvalue weighted by molar-refractivity contribution is 6.05. The number of rotatable bonds is 3. The van der Waals surface area contributed by atoms with E-state index >= 15 is 0 Å². The molecule has 0 fully saturated rings. The number of benzene rings is 1. The molecule has 0 saturated heterocycles. The molecule has 0 aliphatic carbocycles. The predicted molar refractivity (Wildman–Crippen MR) is 58.0 cm³/mol. The number of para-hydroxylation sites is 1. The van der Waals surface area contributed by atoms with E-state index in [1.165, 1.54) is 13.0 Å². The van der Waals surface area contributed by atoms with Crippen molar-refractivity contribution in [1.29, 1.82) is 0 Å². The number of hydrogen-bond donors (Lipinski definition) is 2. The minimum absolute atomic E-state index is 0.225. The van der Waals surface area contributed by atoms with Crippen molar-refractivity contribution < 1.29 is 9.59 Å². The van der Waals surface area contributed by atoms with E-state index in [0.29, 0.717) is 5.69 Å². The zero-order valence-corrected chi connectivity index (χ0v) is 8.36. The third kappa shape index (κ3) is 3.64. The molecule has 0 aliphatic rings. The number of nitrogens with two attached hydrogens (primary N) is 1. The summed E-state index contributed by atoms with van der Waals surface area (Å²) in [6.07, 6.45) is 1.18. The average Bonchev–Trinajstić information content (AvgIpc) is 2.18. The molecule has 3 N–H and O–H groups in total. The molecule has 4 nitrogen and oxygen atoms in total. The lowest BCUT2D eigenvalue weighted by Gasteiger charge is -2.01. The highest BCUT2D eigenvalue weighted by atomic mass is 16.2. The summed E-state index contributed by atoms with van der Waals surface area (Å²) >= 11 is 0. The maximum absolute atomic E-state index is 11.3. The fourth-order valence-corrected chi connectivity index (χ4v) is 0.968. The molecule has 0 atom stereocenters. The van der Waals surface area contributed by atoms with Gasteiger partial charge in [0, 0.05) is 17.3 Å². The fraction of sp³-hybridized carbons (Fsp3) is 0.0909. The molecule has 0 unspecified atom stereocenters. The Balaban J connectivity index is 2.65. The first-order valence-corrected chi connectivity index (χ1v) is 4.43. The van der Waals surface area contributed by atoms with Crippen molar-refractivity contribution in [1.82, 2.24) is 0 Å². The maximum Gasteiger partial charge on any atom is 0.248 e. The van der Waals surface area contributed by atoms with Gasteiger partial charge in [-0.2, -0.15) is 0 Å². The third-order valence-electron chi connectivity index (χ3n) is 1.78. The Bertz CT molecular complexity index is 396. The molecule has 78 valence electrons. The van der Waals surface area contributed by atoms with Crippen LogP contribution in [0.3, 0.4) is 0 Å². The first-order chi connectivity index (χ1) is 7.09. The van der Waals surface area contributed by atoms with Crippen molar-refractivity contribution in [2.45, 2.75) is 6.92 Å². The molecular weight excluding hydrogens is 192 g/mol. The van der Waals surface area contributed by atoms with E-state index in [0.717, 1.165) is 0 Å². The topological polar surface area (TPSA) is 72.2 Å².